The van der Waals surface area contributed by atoms with Crippen LogP contribution in [0.15, 0.2) is 0 Å². The van der Waals surface area contributed by atoms with Gasteiger partial charge in [-0.15, -0.1) is 0 Å². The van der Waals surface area contributed by atoms with E-state index in [1.807, 2.05) is 5.73 Å². The van der Waals surface area contributed by atoms with Crippen LogP contribution in [0.5, 0.6) is 0 Å². The van der Waals surface area contributed by atoms with Gasteiger partial charge in [-0.25, -0.2) is 0 Å². The minimum absolute atomic E-state index is 0.152. The van der Waals surface area contributed by atoms with Gasteiger partial charge in [0.1, 0.15) is 13.5 Å². The van der Waals surface area contributed by atoms with Crippen LogP contribution in [-0.4, -0.2) is 46.2 Å². The molecule has 8 heteroatoms. The number of nitrogens with two attached hydrogens (primary N) is 2. The highest BCUT2D eigenvalue weighted by Crippen LogP contribution is 1.99. The van der Waals surface area contributed by atoms with Gasteiger partial charge in [-0.3, -0.25) is 14.4 Å². The number of rotatable bonds is 8. The zero-order valence-electron chi connectivity index (χ0n) is 10.3. The van der Waals surface area contributed by atoms with E-state index < -0.39 is 36.0 Å². The zero-order valence-corrected chi connectivity index (χ0v) is 9.34. The van der Waals surface area contributed by atoms with E-state index in [0.29, 0.717) is 0 Å². The number of carbonyl (C=O) groups is 3. The Kier molecular flexibility index (Phi) is 5.37. The minimum Gasteiger partial charge on any atom is -0.481 e. The summed E-state index contributed by atoms with van der Waals surface area (Å²) in [6.45, 7) is 1.29. The lowest BCUT2D eigenvalue weighted by atomic mass is 10.1. The number of hydrogen-bond acceptors (Lipinski definition) is 5. The lowest BCUT2D eigenvalue weighted by Crippen LogP contribution is -2.53. The average Bonchev–Trinajstić information content (AvgIpc) is 2.23. The van der Waals surface area contributed by atoms with Gasteiger partial charge in [-0.1, -0.05) is 0 Å². The molecule has 98 valence electrons. The number of aliphatic hydroxyl groups is 1. The standard InChI is InChI=1S/C9H17N3O5/c1-4(13)7(10)9(17)12-5(8(11)16)2-3-6(14)15/h4-5,7,13H,2-3,10H2,1H3,(H2,11,16)(H,12,17)(H,14,15)/t4-,5+,7+/m1/s1/i/hD. The Bertz CT molecular complexity index is 323. The summed E-state index contributed by atoms with van der Waals surface area (Å²) in [7, 11) is 0. The van der Waals surface area contributed by atoms with Crippen LogP contribution in [0.4, 0.5) is 0 Å². The number of aliphatic carboxylic acids is 1. The molecule has 0 aliphatic rings. The third-order valence-electron chi connectivity index (χ3n) is 2.07. The van der Waals surface area contributed by atoms with Gasteiger partial charge in [0.05, 0.1) is 6.10 Å². The smallest absolute Gasteiger partial charge is 0.303 e. The zero-order chi connectivity index (χ0) is 14.3. The summed E-state index contributed by atoms with van der Waals surface area (Å²) in [5, 5.41) is 19.9. The number of primary amides is 1. The topological polar surface area (TPSA) is 156 Å². The molecular formula is C9H17N3O5. The van der Waals surface area contributed by atoms with Crippen LogP contribution in [0.1, 0.15) is 19.8 Å². The van der Waals surface area contributed by atoms with E-state index in [1.54, 1.807) is 0 Å². The van der Waals surface area contributed by atoms with Gasteiger partial charge in [-0.05, 0) is 13.3 Å². The van der Waals surface area contributed by atoms with Crippen molar-refractivity contribution in [2.45, 2.75) is 38.0 Å². The van der Waals surface area contributed by atoms with Crippen LogP contribution in [-0.2, 0) is 14.4 Å². The van der Waals surface area contributed by atoms with E-state index in [9.17, 15) is 19.5 Å². The average molecular weight is 248 g/mol. The van der Waals surface area contributed by atoms with Crippen molar-refractivity contribution in [3.05, 3.63) is 0 Å². The van der Waals surface area contributed by atoms with Gasteiger partial charge in [0, 0.05) is 6.42 Å². The lowest BCUT2D eigenvalue weighted by Gasteiger charge is -2.19. The third kappa shape index (κ3) is 5.83. The molecular weight excluding hydrogens is 230 g/mol. The lowest BCUT2D eigenvalue weighted by molar-refractivity contribution is -0.138. The molecule has 0 saturated carbocycles. The number of hydrogen-bond donors (Lipinski definition) is 5. The monoisotopic (exact) mass is 248 g/mol. The van der Waals surface area contributed by atoms with Gasteiger partial charge in [-0.2, -0.15) is 0 Å². The van der Waals surface area contributed by atoms with Gasteiger partial charge >= 0.3 is 5.97 Å². The molecule has 8 nitrogen and oxygen atoms in total. The Morgan fingerprint density at radius 1 is 1.47 bits per heavy atom. The van der Waals surface area contributed by atoms with Crippen molar-refractivity contribution in [3.8, 4) is 0 Å². The number of carboxylic acid groups (broad SMARTS) is 1. The van der Waals surface area contributed by atoms with E-state index in [2.05, 4.69) is 5.32 Å². The molecule has 0 rings (SSSR count). The van der Waals surface area contributed by atoms with Crippen LogP contribution in [0.3, 0.4) is 0 Å². The second-order valence-electron chi connectivity index (χ2n) is 3.61. The number of carbonyl (C=O) groups excluding carboxylic acids is 2. The van der Waals surface area contributed by atoms with E-state index in [0.717, 1.165) is 0 Å². The maximum absolute atomic E-state index is 11.6. The molecule has 7 N–H and O–H groups in total. The number of carboxylic acids is 1. The first kappa shape index (κ1) is 13.4. The van der Waals surface area contributed by atoms with Crippen LogP contribution in [0.25, 0.3) is 0 Å². The number of aliphatic hydroxyl groups excluding tert-OH is 1. The fraction of sp³-hybridized carbons (Fsp3) is 0.667. The highest BCUT2D eigenvalue weighted by Gasteiger charge is 2.24. The Labute approximate surface area is 99.4 Å². The van der Waals surface area contributed by atoms with Gasteiger partial charge in [0.25, 0.3) is 0 Å². The molecule has 2 amide bonds. The number of amides is 2. The van der Waals surface area contributed by atoms with Gasteiger partial charge in [0.2, 0.25) is 11.8 Å². The summed E-state index contributed by atoms with van der Waals surface area (Å²) in [5.41, 5.74) is 6.84. The Morgan fingerprint density at radius 3 is 2.41 bits per heavy atom. The molecule has 0 fully saturated rings. The maximum Gasteiger partial charge on any atom is 0.303 e. The van der Waals surface area contributed by atoms with E-state index in [4.69, 9.17) is 12.3 Å². The molecule has 0 aliphatic heterocycles. The van der Waals surface area contributed by atoms with Crippen LogP contribution >= 0.6 is 0 Å². The summed E-state index contributed by atoms with van der Waals surface area (Å²) < 4.78 is 6.86. The number of nitrogens with one attached hydrogen (secondary N) is 1. The first-order chi connectivity index (χ1) is 8.29. The SMILES string of the molecule is [2H]N[C@H](C(=O)N[C@@H](CCC(=O)O)C(N)=O)[C@@H](C)O. The van der Waals surface area contributed by atoms with E-state index in [-0.39, 0.29) is 12.8 Å². The molecule has 0 saturated heterocycles. The summed E-state index contributed by atoms with van der Waals surface area (Å²) in [6.07, 6.45) is -1.63. The highest BCUT2D eigenvalue weighted by atomic mass is 16.4. The molecule has 3 atom stereocenters. The van der Waals surface area contributed by atoms with Crippen molar-refractivity contribution in [1.82, 2.24) is 5.32 Å². The normalized spacial score (nSPS) is 16.5. The van der Waals surface area contributed by atoms with Gasteiger partial charge < -0.3 is 27.0 Å². The van der Waals surface area contributed by atoms with Crippen molar-refractivity contribution < 1.29 is 26.0 Å². The maximum atomic E-state index is 11.6. The third-order valence-corrected chi connectivity index (χ3v) is 2.07. The Balaban J connectivity index is 4.53. The van der Waals surface area contributed by atoms with Crippen molar-refractivity contribution in [3.63, 3.8) is 0 Å². The predicted octanol–water partition coefficient (Wildman–Crippen LogP) is -2.47. The van der Waals surface area contributed by atoms with E-state index in [1.165, 1.54) is 6.92 Å². The van der Waals surface area contributed by atoms with Crippen molar-refractivity contribution in [2.24, 2.45) is 11.5 Å². The summed E-state index contributed by atoms with van der Waals surface area (Å²) in [6, 6.07) is -2.38. The summed E-state index contributed by atoms with van der Waals surface area (Å²) in [4.78, 5) is 32.9. The molecule has 17 heavy (non-hydrogen) atoms. The molecule has 0 unspecified atom stereocenters. The van der Waals surface area contributed by atoms with Crippen LogP contribution < -0.4 is 16.8 Å². The van der Waals surface area contributed by atoms with Crippen LogP contribution in [0.2, 0.25) is 1.41 Å². The second kappa shape index (κ2) is 6.81. The molecule has 0 aliphatic carbocycles. The molecule has 0 heterocycles. The van der Waals surface area contributed by atoms with Gasteiger partial charge in [0.15, 0.2) is 0 Å². The second-order valence-corrected chi connectivity index (χ2v) is 3.61. The summed E-state index contributed by atoms with van der Waals surface area (Å²) in [5.74, 6) is -2.80. The fourth-order valence-electron chi connectivity index (χ4n) is 1.03. The van der Waals surface area contributed by atoms with E-state index >= 15 is 0 Å². The minimum atomic E-state index is -1.23. The van der Waals surface area contributed by atoms with Crippen molar-refractivity contribution in [2.75, 3.05) is 0 Å². The molecule has 0 aromatic rings. The predicted molar refractivity (Wildman–Crippen MR) is 57.7 cm³/mol. The molecule has 0 bridgehead atoms. The Morgan fingerprint density at radius 2 is 2.06 bits per heavy atom. The first-order valence-electron chi connectivity index (χ1n) is 5.46. The largest absolute Gasteiger partial charge is 0.481 e. The quantitative estimate of drug-likeness (QED) is 0.320. The fourth-order valence-corrected chi connectivity index (χ4v) is 1.03. The molecule has 0 aromatic heterocycles. The highest BCUT2D eigenvalue weighted by molar-refractivity contribution is 5.89. The molecule has 0 radical (unpaired) electrons. The summed E-state index contributed by atoms with van der Waals surface area (Å²) >= 11 is 0. The molecule has 0 spiro atoms. The Hall–Kier alpha value is -1.67. The van der Waals surface area contributed by atoms with Crippen LogP contribution in [0, 0.1) is 0 Å². The van der Waals surface area contributed by atoms with Crippen molar-refractivity contribution >= 4 is 17.8 Å². The van der Waals surface area contributed by atoms with Crippen molar-refractivity contribution in [1.29, 1.82) is 0 Å². The first-order valence-corrected chi connectivity index (χ1v) is 4.96. The molecule has 0 aromatic carbocycles.